The Kier molecular flexibility index (Phi) is 2.91. The number of nitrogens with zero attached hydrogens (tertiary/aromatic N) is 1. The Labute approximate surface area is 97.2 Å². The van der Waals surface area contributed by atoms with Crippen molar-refractivity contribution in [3.8, 4) is 5.75 Å². The molecule has 0 atom stereocenters. The number of hydrogen-bond acceptors (Lipinski definition) is 3. The van der Waals surface area contributed by atoms with Crippen LogP contribution in [-0.2, 0) is 5.41 Å². The van der Waals surface area contributed by atoms with Gasteiger partial charge in [0.05, 0.1) is 7.11 Å². The van der Waals surface area contributed by atoms with Gasteiger partial charge in [-0.3, -0.25) is 0 Å². The maximum atomic E-state index is 5.95. The van der Waals surface area contributed by atoms with Crippen LogP contribution in [0.4, 0.5) is 0 Å². The van der Waals surface area contributed by atoms with E-state index in [1.54, 1.807) is 7.11 Å². The first-order chi connectivity index (χ1) is 7.61. The van der Waals surface area contributed by atoms with Gasteiger partial charge in [0.15, 0.2) is 0 Å². The first-order valence-electron chi connectivity index (χ1n) is 5.65. The summed E-state index contributed by atoms with van der Waals surface area (Å²) in [6.07, 6.45) is 0. The number of ether oxygens (including phenoxy) is 1. The highest BCUT2D eigenvalue weighted by Crippen LogP contribution is 2.38. The number of hydrogen-bond donors (Lipinski definition) is 1. The van der Waals surface area contributed by atoms with Crippen LogP contribution in [0.5, 0.6) is 5.75 Å². The summed E-state index contributed by atoms with van der Waals surface area (Å²) in [6.45, 7) is 4.82. The molecule has 1 aliphatic rings. The number of benzene rings is 1. The normalized spacial score (nSPS) is 19.2. The minimum absolute atomic E-state index is 0.0894. The average molecular weight is 220 g/mol. The van der Waals surface area contributed by atoms with Gasteiger partial charge in [-0.1, -0.05) is 17.7 Å². The Morgan fingerprint density at radius 2 is 2.12 bits per heavy atom. The van der Waals surface area contributed by atoms with E-state index in [0.717, 1.165) is 18.8 Å². The minimum Gasteiger partial charge on any atom is -0.496 e. The molecule has 1 heterocycles. The van der Waals surface area contributed by atoms with Gasteiger partial charge in [-0.05, 0) is 20.0 Å². The molecule has 0 aliphatic carbocycles. The molecule has 3 heteroatoms. The van der Waals surface area contributed by atoms with Gasteiger partial charge in [0.25, 0.3) is 0 Å². The van der Waals surface area contributed by atoms with Crippen molar-refractivity contribution in [2.45, 2.75) is 12.3 Å². The summed E-state index contributed by atoms with van der Waals surface area (Å²) < 4.78 is 5.45. The molecular formula is C13H20N2O. The van der Waals surface area contributed by atoms with Crippen molar-refractivity contribution >= 4 is 0 Å². The molecule has 3 nitrogen and oxygen atoms in total. The molecule has 1 aromatic carbocycles. The van der Waals surface area contributed by atoms with Crippen LogP contribution in [-0.4, -0.2) is 38.7 Å². The predicted molar refractivity (Wildman–Crippen MR) is 66.0 cm³/mol. The molecule has 2 rings (SSSR count). The molecule has 1 saturated heterocycles. The minimum atomic E-state index is 0.0894. The molecule has 1 fully saturated rings. The van der Waals surface area contributed by atoms with E-state index in [1.165, 1.54) is 11.1 Å². The third-order valence-electron chi connectivity index (χ3n) is 3.46. The van der Waals surface area contributed by atoms with Crippen molar-refractivity contribution < 1.29 is 4.74 Å². The fourth-order valence-electron chi connectivity index (χ4n) is 2.63. The highest BCUT2D eigenvalue weighted by atomic mass is 16.5. The summed E-state index contributed by atoms with van der Waals surface area (Å²) in [5, 5.41) is 0. The van der Waals surface area contributed by atoms with Crippen LogP contribution in [0.2, 0.25) is 0 Å². The molecule has 1 aromatic rings. The molecule has 16 heavy (non-hydrogen) atoms. The van der Waals surface area contributed by atoms with E-state index in [9.17, 15) is 0 Å². The van der Waals surface area contributed by atoms with Crippen LogP contribution in [0.3, 0.4) is 0 Å². The van der Waals surface area contributed by atoms with E-state index in [2.05, 4.69) is 31.0 Å². The second kappa shape index (κ2) is 4.07. The van der Waals surface area contributed by atoms with E-state index in [4.69, 9.17) is 10.5 Å². The fraction of sp³-hybridized carbons (Fsp3) is 0.538. The summed E-state index contributed by atoms with van der Waals surface area (Å²) in [5.41, 5.74) is 8.57. The van der Waals surface area contributed by atoms with Gasteiger partial charge < -0.3 is 15.4 Å². The third kappa shape index (κ3) is 1.70. The van der Waals surface area contributed by atoms with Crippen molar-refractivity contribution in [1.29, 1.82) is 0 Å². The molecule has 0 radical (unpaired) electrons. The van der Waals surface area contributed by atoms with Crippen molar-refractivity contribution in [3.05, 3.63) is 29.3 Å². The van der Waals surface area contributed by atoms with Crippen LogP contribution >= 0.6 is 0 Å². The maximum absolute atomic E-state index is 5.95. The molecule has 1 aliphatic heterocycles. The second-order valence-corrected chi connectivity index (χ2v) is 4.86. The molecule has 0 amide bonds. The van der Waals surface area contributed by atoms with E-state index < -0.39 is 0 Å². The lowest BCUT2D eigenvalue weighted by atomic mass is 9.73. The zero-order valence-electron chi connectivity index (χ0n) is 10.3. The highest BCUT2D eigenvalue weighted by Gasteiger charge is 2.43. The van der Waals surface area contributed by atoms with Gasteiger partial charge >= 0.3 is 0 Å². The Balaban J connectivity index is 2.41. The Morgan fingerprint density at radius 1 is 1.44 bits per heavy atom. The van der Waals surface area contributed by atoms with Gasteiger partial charge in [0, 0.05) is 30.6 Å². The number of likely N-dealkylation sites (N-methyl/N-ethyl adjacent to an activating group) is 1. The Hall–Kier alpha value is -1.06. The standard InChI is InChI=1S/C13H20N2O/c1-10-4-5-12(16-3)11(6-10)13(7-14)8-15(2)9-13/h4-6H,7-9,14H2,1-3H3. The van der Waals surface area contributed by atoms with Crippen molar-refractivity contribution in [1.82, 2.24) is 4.90 Å². The maximum Gasteiger partial charge on any atom is 0.122 e. The van der Waals surface area contributed by atoms with Crippen molar-refractivity contribution in [2.75, 3.05) is 33.8 Å². The number of methoxy groups -OCH3 is 1. The van der Waals surface area contributed by atoms with Crippen molar-refractivity contribution in [3.63, 3.8) is 0 Å². The van der Waals surface area contributed by atoms with Crippen LogP contribution in [0.15, 0.2) is 18.2 Å². The summed E-state index contributed by atoms with van der Waals surface area (Å²) in [4.78, 5) is 2.29. The Morgan fingerprint density at radius 3 is 2.62 bits per heavy atom. The topological polar surface area (TPSA) is 38.5 Å². The first-order valence-corrected chi connectivity index (χ1v) is 5.65. The number of rotatable bonds is 3. The lowest BCUT2D eigenvalue weighted by Gasteiger charge is -2.49. The van der Waals surface area contributed by atoms with E-state index in [1.807, 2.05) is 6.07 Å². The fourth-order valence-corrected chi connectivity index (χ4v) is 2.63. The van der Waals surface area contributed by atoms with Gasteiger partial charge in [-0.2, -0.15) is 0 Å². The van der Waals surface area contributed by atoms with Crippen molar-refractivity contribution in [2.24, 2.45) is 5.73 Å². The monoisotopic (exact) mass is 220 g/mol. The zero-order valence-corrected chi connectivity index (χ0v) is 10.3. The predicted octanol–water partition coefficient (Wildman–Crippen LogP) is 1.15. The zero-order chi connectivity index (χ0) is 11.8. The lowest BCUT2D eigenvalue weighted by Crippen LogP contribution is -2.61. The summed E-state index contributed by atoms with van der Waals surface area (Å²) in [6, 6.07) is 6.33. The van der Waals surface area contributed by atoms with Gasteiger partial charge in [-0.15, -0.1) is 0 Å². The van der Waals surface area contributed by atoms with E-state index >= 15 is 0 Å². The van der Waals surface area contributed by atoms with Crippen LogP contribution in [0.25, 0.3) is 0 Å². The molecule has 0 saturated carbocycles. The highest BCUT2D eigenvalue weighted by molar-refractivity contribution is 5.45. The lowest BCUT2D eigenvalue weighted by molar-refractivity contribution is 0.0976. The quantitative estimate of drug-likeness (QED) is 0.830. The molecular weight excluding hydrogens is 200 g/mol. The van der Waals surface area contributed by atoms with E-state index in [0.29, 0.717) is 6.54 Å². The van der Waals surface area contributed by atoms with Crippen LogP contribution in [0.1, 0.15) is 11.1 Å². The number of aryl methyl sites for hydroxylation is 1. The van der Waals surface area contributed by atoms with Gasteiger partial charge in [0.2, 0.25) is 0 Å². The molecule has 0 spiro atoms. The largest absolute Gasteiger partial charge is 0.496 e. The third-order valence-corrected chi connectivity index (χ3v) is 3.46. The molecule has 0 unspecified atom stereocenters. The van der Waals surface area contributed by atoms with E-state index in [-0.39, 0.29) is 5.41 Å². The Bertz CT molecular complexity index is 384. The molecule has 0 bridgehead atoms. The number of nitrogens with two attached hydrogens (primary N) is 1. The first kappa shape index (κ1) is 11.4. The summed E-state index contributed by atoms with van der Waals surface area (Å²) in [7, 11) is 3.84. The van der Waals surface area contributed by atoms with Crippen LogP contribution < -0.4 is 10.5 Å². The smallest absolute Gasteiger partial charge is 0.122 e. The summed E-state index contributed by atoms with van der Waals surface area (Å²) >= 11 is 0. The molecule has 2 N–H and O–H groups in total. The van der Waals surface area contributed by atoms with Gasteiger partial charge in [0.1, 0.15) is 5.75 Å². The second-order valence-electron chi connectivity index (χ2n) is 4.86. The average Bonchev–Trinajstić information content (AvgIpc) is 2.24. The molecule has 88 valence electrons. The summed E-state index contributed by atoms with van der Waals surface area (Å²) in [5.74, 6) is 0.962. The SMILES string of the molecule is COc1ccc(C)cc1C1(CN)CN(C)C1. The van der Waals surface area contributed by atoms with Gasteiger partial charge in [-0.25, -0.2) is 0 Å². The molecule has 0 aromatic heterocycles. The van der Waals surface area contributed by atoms with Crippen LogP contribution in [0, 0.1) is 6.92 Å². The number of likely N-dealkylation sites (tertiary alicyclic amines) is 1.